The van der Waals surface area contributed by atoms with Crippen LogP contribution in [0, 0.1) is 0 Å². The second-order valence-corrected chi connectivity index (χ2v) is 11.8. The molecular weight excluding hydrogens is 346 g/mol. The molecule has 2 unspecified atom stereocenters. The van der Waals surface area contributed by atoms with Gasteiger partial charge in [-0.25, -0.2) is 0 Å². The van der Waals surface area contributed by atoms with Crippen molar-refractivity contribution in [2.24, 2.45) is 5.73 Å². The van der Waals surface area contributed by atoms with Crippen LogP contribution in [0.25, 0.3) is 0 Å². The molecular formula is C17H31NS4. The summed E-state index contributed by atoms with van der Waals surface area (Å²) >= 11 is 0. The molecule has 1 nitrogen and oxygen atoms in total. The van der Waals surface area contributed by atoms with Gasteiger partial charge in [0.05, 0.1) is 0 Å². The summed E-state index contributed by atoms with van der Waals surface area (Å²) in [5.74, 6) is 2.72. The lowest BCUT2D eigenvalue weighted by atomic mass is 10.0. The van der Waals surface area contributed by atoms with Crippen molar-refractivity contribution in [2.75, 3.05) is 18.1 Å². The summed E-state index contributed by atoms with van der Waals surface area (Å²) < 4.78 is 0. The number of hydrogen-bond donors (Lipinski definition) is 1. The highest BCUT2D eigenvalue weighted by atomic mass is 33.1. The number of unbranched alkanes of at least 4 members (excludes halogenated alkanes) is 2. The second-order valence-electron chi connectivity index (χ2n) is 6.25. The standard InChI is InChI=1S/C17H31NS4/c18-14-15(7-4-9-16-10-5-12-19-21-16)6-2-1-3-8-17-11-13-20-22-17/h6,16-17H,1-5,7-14,18H2/b15-6-. The SMILES string of the molecule is NC/C(=C\CCCCC1CCSS1)CCCC1CCCSS1. The predicted molar refractivity (Wildman–Crippen MR) is 111 cm³/mol. The van der Waals surface area contributed by atoms with Gasteiger partial charge in [-0.2, -0.15) is 0 Å². The zero-order valence-corrected chi connectivity index (χ0v) is 16.9. The first-order valence-corrected chi connectivity index (χ1v) is 13.6. The maximum Gasteiger partial charge on any atom is 0.0159 e. The van der Waals surface area contributed by atoms with E-state index >= 15 is 0 Å². The lowest BCUT2D eigenvalue weighted by molar-refractivity contribution is 0.638. The fourth-order valence-electron chi connectivity index (χ4n) is 2.99. The highest BCUT2D eigenvalue weighted by molar-refractivity contribution is 8.77. The molecule has 2 atom stereocenters. The van der Waals surface area contributed by atoms with Crippen LogP contribution < -0.4 is 5.73 Å². The fraction of sp³-hybridized carbons (Fsp3) is 0.882. The molecule has 0 radical (unpaired) electrons. The Hall–Kier alpha value is 1.10. The summed E-state index contributed by atoms with van der Waals surface area (Å²) in [6.45, 7) is 0.766. The van der Waals surface area contributed by atoms with Gasteiger partial charge < -0.3 is 5.73 Å². The van der Waals surface area contributed by atoms with Gasteiger partial charge in [0.2, 0.25) is 0 Å². The molecule has 0 aromatic carbocycles. The summed E-state index contributed by atoms with van der Waals surface area (Å²) in [5, 5.41) is 1.84. The number of nitrogens with two attached hydrogens (primary N) is 1. The minimum Gasteiger partial charge on any atom is -0.327 e. The summed E-state index contributed by atoms with van der Waals surface area (Å²) in [6.07, 6.45) is 16.1. The highest BCUT2D eigenvalue weighted by Crippen LogP contribution is 2.40. The minimum atomic E-state index is 0.766. The smallest absolute Gasteiger partial charge is 0.0159 e. The van der Waals surface area contributed by atoms with Gasteiger partial charge in [-0.1, -0.05) is 61.2 Å². The van der Waals surface area contributed by atoms with Crippen molar-refractivity contribution in [1.82, 2.24) is 0 Å². The third-order valence-electron chi connectivity index (χ3n) is 4.38. The van der Waals surface area contributed by atoms with E-state index in [4.69, 9.17) is 5.73 Å². The Bertz CT molecular complexity index is 310. The normalized spacial score (nSPS) is 26.5. The van der Waals surface area contributed by atoms with Crippen molar-refractivity contribution in [1.29, 1.82) is 0 Å². The molecule has 0 spiro atoms. The lowest BCUT2D eigenvalue weighted by Gasteiger charge is -2.20. The molecule has 5 heteroatoms. The van der Waals surface area contributed by atoms with E-state index in [-0.39, 0.29) is 0 Å². The lowest BCUT2D eigenvalue weighted by Crippen LogP contribution is -2.08. The maximum atomic E-state index is 5.92. The van der Waals surface area contributed by atoms with Crippen LogP contribution >= 0.6 is 43.2 Å². The number of hydrogen-bond acceptors (Lipinski definition) is 5. The Labute approximate surface area is 153 Å². The van der Waals surface area contributed by atoms with E-state index in [2.05, 4.69) is 49.3 Å². The van der Waals surface area contributed by atoms with Crippen LogP contribution in [0.4, 0.5) is 0 Å². The van der Waals surface area contributed by atoms with Gasteiger partial charge in [-0.15, -0.1) is 0 Å². The van der Waals surface area contributed by atoms with E-state index in [1.807, 2.05) is 0 Å². The fourth-order valence-corrected chi connectivity index (χ4v) is 8.91. The molecule has 2 aliphatic heterocycles. The molecule has 2 fully saturated rings. The average Bonchev–Trinajstić information content (AvgIpc) is 3.07. The van der Waals surface area contributed by atoms with Crippen LogP contribution in [0.3, 0.4) is 0 Å². The van der Waals surface area contributed by atoms with E-state index in [1.165, 1.54) is 81.3 Å². The number of rotatable bonds is 10. The molecule has 2 N–H and O–H groups in total. The Morgan fingerprint density at radius 3 is 2.45 bits per heavy atom. The van der Waals surface area contributed by atoms with Gasteiger partial charge in [0.1, 0.15) is 0 Å². The maximum absolute atomic E-state index is 5.92. The van der Waals surface area contributed by atoms with Gasteiger partial charge >= 0.3 is 0 Å². The predicted octanol–water partition coefficient (Wildman–Crippen LogP) is 6.30. The zero-order chi connectivity index (χ0) is 15.5. The van der Waals surface area contributed by atoms with Crippen LogP contribution in [-0.2, 0) is 0 Å². The van der Waals surface area contributed by atoms with E-state index in [0.29, 0.717) is 0 Å². The van der Waals surface area contributed by atoms with Crippen LogP contribution in [0.2, 0.25) is 0 Å². The highest BCUT2D eigenvalue weighted by Gasteiger charge is 2.15. The Morgan fingerprint density at radius 2 is 1.73 bits per heavy atom. The second kappa shape index (κ2) is 12.5. The molecule has 2 rings (SSSR count). The molecule has 2 heterocycles. The van der Waals surface area contributed by atoms with Crippen molar-refractivity contribution < 1.29 is 0 Å². The summed E-state index contributed by atoms with van der Waals surface area (Å²) in [4.78, 5) is 0. The summed E-state index contributed by atoms with van der Waals surface area (Å²) in [7, 11) is 8.37. The van der Waals surface area contributed by atoms with Crippen molar-refractivity contribution in [2.45, 2.75) is 74.7 Å². The van der Waals surface area contributed by atoms with Gasteiger partial charge in [0, 0.05) is 28.6 Å². The quantitative estimate of drug-likeness (QED) is 0.274. The summed E-state index contributed by atoms with van der Waals surface area (Å²) in [5.41, 5.74) is 7.42. The summed E-state index contributed by atoms with van der Waals surface area (Å²) in [6, 6.07) is 0. The van der Waals surface area contributed by atoms with Gasteiger partial charge in [-0.05, 0) is 57.8 Å². The molecule has 0 aliphatic carbocycles. The Balaban J connectivity index is 1.50. The first kappa shape index (κ1) is 19.4. The molecule has 128 valence electrons. The first-order chi connectivity index (χ1) is 10.9. The molecule has 2 saturated heterocycles. The molecule has 22 heavy (non-hydrogen) atoms. The monoisotopic (exact) mass is 377 g/mol. The van der Waals surface area contributed by atoms with Gasteiger partial charge in [0.15, 0.2) is 0 Å². The molecule has 0 amide bonds. The van der Waals surface area contributed by atoms with Crippen LogP contribution in [0.15, 0.2) is 11.6 Å². The van der Waals surface area contributed by atoms with E-state index in [1.54, 1.807) is 0 Å². The topological polar surface area (TPSA) is 26.0 Å². The van der Waals surface area contributed by atoms with E-state index < -0.39 is 0 Å². The van der Waals surface area contributed by atoms with E-state index in [0.717, 1.165) is 17.0 Å². The van der Waals surface area contributed by atoms with Gasteiger partial charge in [0.25, 0.3) is 0 Å². The molecule has 0 bridgehead atoms. The Kier molecular flexibility index (Phi) is 11.0. The molecule has 2 aliphatic rings. The van der Waals surface area contributed by atoms with Crippen molar-refractivity contribution in [3.05, 3.63) is 11.6 Å². The first-order valence-electron chi connectivity index (χ1n) is 8.83. The zero-order valence-electron chi connectivity index (χ0n) is 13.6. The van der Waals surface area contributed by atoms with E-state index in [9.17, 15) is 0 Å². The molecule has 0 saturated carbocycles. The minimum absolute atomic E-state index is 0.766. The van der Waals surface area contributed by atoms with Crippen molar-refractivity contribution in [3.63, 3.8) is 0 Å². The molecule has 0 aromatic heterocycles. The largest absolute Gasteiger partial charge is 0.327 e. The molecule has 0 aromatic rings. The third-order valence-corrected chi connectivity index (χ3v) is 10.5. The average molecular weight is 378 g/mol. The van der Waals surface area contributed by atoms with Crippen LogP contribution in [-0.4, -0.2) is 28.6 Å². The van der Waals surface area contributed by atoms with Crippen LogP contribution in [0.5, 0.6) is 0 Å². The van der Waals surface area contributed by atoms with Gasteiger partial charge in [-0.3, -0.25) is 0 Å². The van der Waals surface area contributed by atoms with Crippen molar-refractivity contribution in [3.8, 4) is 0 Å². The number of allylic oxidation sites excluding steroid dienone is 1. The van der Waals surface area contributed by atoms with Crippen molar-refractivity contribution >= 4 is 43.2 Å². The van der Waals surface area contributed by atoms with Crippen LogP contribution in [0.1, 0.15) is 64.2 Å². The third kappa shape index (κ3) is 8.27. The Morgan fingerprint density at radius 1 is 0.955 bits per heavy atom.